The molecule has 1 atom stereocenters. The number of aromatic nitrogens is 2. The lowest BCUT2D eigenvalue weighted by Crippen LogP contribution is -2.29. The molecule has 96 valence electrons. The predicted octanol–water partition coefficient (Wildman–Crippen LogP) is 1.22. The van der Waals surface area contributed by atoms with Crippen LogP contribution < -0.4 is 11.0 Å². The Kier molecular flexibility index (Phi) is 3.36. The van der Waals surface area contributed by atoms with E-state index in [1.807, 2.05) is 6.92 Å². The van der Waals surface area contributed by atoms with Crippen LogP contribution in [0.15, 0.2) is 23.0 Å². The summed E-state index contributed by atoms with van der Waals surface area (Å²) in [4.78, 5) is 27.9. The number of hydrogen-bond acceptors (Lipinski definition) is 4. The van der Waals surface area contributed by atoms with Crippen LogP contribution >= 0.6 is 0 Å². The van der Waals surface area contributed by atoms with Gasteiger partial charge in [0.25, 0.3) is 0 Å². The van der Waals surface area contributed by atoms with Gasteiger partial charge in [-0.1, -0.05) is 6.92 Å². The van der Waals surface area contributed by atoms with E-state index in [1.165, 1.54) is 7.11 Å². The summed E-state index contributed by atoms with van der Waals surface area (Å²) in [5.74, 6) is -0.305. The second-order valence-corrected chi connectivity index (χ2v) is 3.97. The largest absolute Gasteiger partial charge is 0.467 e. The third-order valence-electron chi connectivity index (χ3n) is 2.75. The maximum absolute atomic E-state index is 11.5. The van der Waals surface area contributed by atoms with Crippen LogP contribution in [0, 0.1) is 0 Å². The number of carbonyl (C=O) groups is 1. The lowest BCUT2D eigenvalue weighted by Gasteiger charge is -2.15. The lowest BCUT2D eigenvalue weighted by molar-refractivity contribution is -0.141. The fraction of sp³-hybridized carbons (Fsp3) is 0.333. The van der Waals surface area contributed by atoms with Gasteiger partial charge in [0.05, 0.1) is 18.1 Å². The number of imidazole rings is 1. The summed E-state index contributed by atoms with van der Waals surface area (Å²) in [5.41, 5.74) is 1.94. The zero-order valence-corrected chi connectivity index (χ0v) is 10.2. The molecule has 0 radical (unpaired) electrons. The molecule has 6 nitrogen and oxygen atoms in total. The zero-order chi connectivity index (χ0) is 13.1. The van der Waals surface area contributed by atoms with E-state index in [1.54, 1.807) is 18.2 Å². The monoisotopic (exact) mass is 249 g/mol. The van der Waals surface area contributed by atoms with Crippen LogP contribution in [-0.4, -0.2) is 29.1 Å². The molecule has 0 fully saturated rings. The van der Waals surface area contributed by atoms with E-state index in [0.717, 1.165) is 11.2 Å². The highest BCUT2D eigenvalue weighted by Crippen LogP contribution is 2.16. The number of ether oxygens (including phenoxy) is 1. The van der Waals surface area contributed by atoms with Crippen LogP contribution in [0.3, 0.4) is 0 Å². The molecule has 0 aliphatic rings. The Morgan fingerprint density at radius 2 is 2.11 bits per heavy atom. The summed E-state index contributed by atoms with van der Waals surface area (Å²) in [6, 6.07) is 4.97. The average molecular weight is 249 g/mol. The van der Waals surface area contributed by atoms with Gasteiger partial charge in [-0.25, -0.2) is 9.59 Å². The molecule has 0 spiro atoms. The first-order chi connectivity index (χ1) is 8.63. The first-order valence-corrected chi connectivity index (χ1v) is 5.70. The third kappa shape index (κ3) is 2.37. The summed E-state index contributed by atoms with van der Waals surface area (Å²) < 4.78 is 4.70. The summed E-state index contributed by atoms with van der Waals surface area (Å²) in [6.07, 6.45) is 0.619. The molecule has 0 aliphatic carbocycles. The number of anilines is 1. The molecule has 0 bridgehead atoms. The van der Waals surface area contributed by atoms with Crippen molar-refractivity contribution >= 4 is 22.7 Å². The molecular formula is C12H15N3O3. The number of H-pyrrole nitrogens is 2. The smallest absolute Gasteiger partial charge is 0.328 e. The van der Waals surface area contributed by atoms with E-state index < -0.39 is 6.04 Å². The minimum Gasteiger partial charge on any atom is -0.467 e. The SMILES string of the molecule is CC[C@@H](Nc1ccc2[nH]c(=O)[nH]c2c1)C(=O)OC. The number of aromatic amines is 2. The number of nitrogens with one attached hydrogen (secondary N) is 3. The van der Waals surface area contributed by atoms with Crippen LogP contribution in [0.5, 0.6) is 0 Å². The van der Waals surface area contributed by atoms with Gasteiger partial charge >= 0.3 is 11.7 Å². The van der Waals surface area contributed by atoms with Crippen LogP contribution in [0.25, 0.3) is 11.0 Å². The van der Waals surface area contributed by atoms with Crippen molar-refractivity contribution in [3.63, 3.8) is 0 Å². The standard InChI is InChI=1S/C12H15N3O3/c1-3-8(11(16)18-2)13-7-4-5-9-10(6-7)15-12(17)14-9/h4-6,8,13H,3H2,1-2H3,(H2,14,15,17)/t8-/m1/s1. The number of fused-ring (bicyclic) bond motifs is 1. The van der Waals surface area contributed by atoms with Gasteiger partial charge in [-0.2, -0.15) is 0 Å². The molecule has 0 unspecified atom stereocenters. The molecule has 0 saturated carbocycles. The summed E-state index contributed by atoms with van der Waals surface area (Å²) in [5, 5.41) is 3.07. The third-order valence-corrected chi connectivity index (χ3v) is 2.75. The van der Waals surface area contributed by atoms with E-state index in [2.05, 4.69) is 15.3 Å². The second kappa shape index (κ2) is 4.95. The second-order valence-electron chi connectivity index (χ2n) is 3.97. The Hall–Kier alpha value is -2.24. The fourth-order valence-electron chi connectivity index (χ4n) is 1.79. The molecule has 0 aliphatic heterocycles. The van der Waals surface area contributed by atoms with Gasteiger partial charge in [0.15, 0.2) is 0 Å². The topological polar surface area (TPSA) is 87.0 Å². The molecule has 6 heteroatoms. The van der Waals surface area contributed by atoms with Crippen molar-refractivity contribution in [2.45, 2.75) is 19.4 Å². The van der Waals surface area contributed by atoms with E-state index >= 15 is 0 Å². The molecular weight excluding hydrogens is 234 g/mol. The Morgan fingerprint density at radius 1 is 1.39 bits per heavy atom. The zero-order valence-electron chi connectivity index (χ0n) is 10.2. The molecule has 1 aromatic heterocycles. The molecule has 18 heavy (non-hydrogen) atoms. The van der Waals surface area contributed by atoms with Gasteiger partial charge in [-0.15, -0.1) is 0 Å². The fourth-order valence-corrected chi connectivity index (χ4v) is 1.79. The number of esters is 1. The molecule has 0 saturated heterocycles. The van der Waals surface area contributed by atoms with Gasteiger partial charge in [-0.05, 0) is 24.6 Å². The Morgan fingerprint density at radius 3 is 2.78 bits per heavy atom. The highest BCUT2D eigenvalue weighted by atomic mass is 16.5. The molecule has 1 aromatic carbocycles. The van der Waals surface area contributed by atoms with E-state index in [9.17, 15) is 9.59 Å². The Bertz CT molecular complexity index is 614. The minimum atomic E-state index is -0.391. The van der Waals surface area contributed by atoms with Crippen molar-refractivity contribution in [3.8, 4) is 0 Å². The van der Waals surface area contributed by atoms with Crippen molar-refractivity contribution in [2.75, 3.05) is 12.4 Å². The highest BCUT2D eigenvalue weighted by molar-refractivity contribution is 5.82. The molecule has 2 aromatic rings. The lowest BCUT2D eigenvalue weighted by atomic mass is 10.2. The van der Waals surface area contributed by atoms with Crippen LogP contribution in [0.4, 0.5) is 5.69 Å². The molecule has 1 heterocycles. The summed E-state index contributed by atoms with van der Waals surface area (Å²) >= 11 is 0. The number of hydrogen-bond donors (Lipinski definition) is 3. The summed E-state index contributed by atoms with van der Waals surface area (Å²) in [7, 11) is 1.36. The first kappa shape index (κ1) is 12.2. The van der Waals surface area contributed by atoms with Gasteiger partial charge in [0.2, 0.25) is 0 Å². The van der Waals surface area contributed by atoms with Crippen LogP contribution in [0.2, 0.25) is 0 Å². The van der Waals surface area contributed by atoms with Crippen LogP contribution in [0.1, 0.15) is 13.3 Å². The van der Waals surface area contributed by atoms with Gasteiger partial charge in [-0.3, -0.25) is 0 Å². The van der Waals surface area contributed by atoms with Gasteiger partial charge < -0.3 is 20.0 Å². The Balaban J connectivity index is 2.25. The summed E-state index contributed by atoms with van der Waals surface area (Å²) in [6.45, 7) is 1.89. The quantitative estimate of drug-likeness (QED) is 0.711. The molecule has 3 N–H and O–H groups in total. The highest BCUT2D eigenvalue weighted by Gasteiger charge is 2.16. The van der Waals surface area contributed by atoms with Gasteiger partial charge in [0, 0.05) is 5.69 Å². The first-order valence-electron chi connectivity index (χ1n) is 5.70. The minimum absolute atomic E-state index is 0.248. The average Bonchev–Trinajstić information content (AvgIpc) is 2.74. The van der Waals surface area contributed by atoms with Crippen molar-refractivity contribution < 1.29 is 9.53 Å². The van der Waals surface area contributed by atoms with Crippen molar-refractivity contribution in [1.29, 1.82) is 0 Å². The number of rotatable bonds is 4. The predicted molar refractivity (Wildman–Crippen MR) is 68.6 cm³/mol. The molecule has 0 amide bonds. The maximum atomic E-state index is 11.5. The van der Waals surface area contributed by atoms with Crippen LogP contribution in [-0.2, 0) is 9.53 Å². The number of carbonyl (C=O) groups excluding carboxylic acids is 1. The van der Waals surface area contributed by atoms with Crippen molar-refractivity contribution in [2.24, 2.45) is 0 Å². The number of methoxy groups -OCH3 is 1. The van der Waals surface area contributed by atoms with Gasteiger partial charge in [0.1, 0.15) is 6.04 Å². The normalized spacial score (nSPS) is 12.3. The van der Waals surface area contributed by atoms with E-state index in [-0.39, 0.29) is 11.7 Å². The Labute approximate surface area is 103 Å². The molecule has 2 rings (SSSR count). The van der Waals surface area contributed by atoms with E-state index in [4.69, 9.17) is 4.74 Å². The number of benzene rings is 1. The van der Waals surface area contributed by atoms with Crippen molar-refractivity contribution in [1.82, 2.24) is 9.97 Å². The van der Waals surface area contributed by atoms with E-state index in [0.29, 0.717) is 11.9 Å². The maximum Gasteiger partial charge on any atom is 0.328 e. The van der Waals surface area contributed by atoms with Crippen molar-refractivity contribution in [3.05, 3.63) is 28.7 Å².